The van der Waals surface area contributed by atoms with E-state index in [0.717, 1.165) is 11.8 Å². The van der Waals surface area contributed by atoms with Gasteiger partial charge in [-0.05, 0) is 76.3 Å². The minimum atomic E-state index is 0.785. The Morgan fingerprint density at radius 2 is 1.68 bits per heavy atom. The first-order chi connectivity index (χ1) is 12.3. The lowest BCUT2D eigenvalue weighted by Gasteiger charge is -2.20. The summed E-state index contributed by atoms with van der Waals surface area (Å²) in [6.45, 7) is 0. The van der Waals surface area contributed by atoms with E-state index in [9.17, 15) is 0 Å². The summed E-state index contributed by atoms with van der Waals surface area (Å²) in [5, 5.41) is 4.11. The van der Waals surface area contributed by atoms with Crippen LogP contribution in [0.2, 0.25) is 0 Å². The second kappa shape index (κ2) is 4.76. The zero-order valence-electron chi connectivity index (χ0n) is 14.5. The lowest BCUT2D eigenvalue weighted by Crippen LogP contribution is -2.02. The molecule has 0 saturated heterocycles. The molecule has 0 N–H and O–H groups in total. The molecule has 2 bridgehead atoms. The number of hydrogen-bond donors (Lipinski definition) is 0. The van der Waals surface area contributed by atoms with Gasteiger partial charge in [-0.1, -0.05) is 42.5 Å². The van der Waals surface area contributed by atoms with Gasteiger partial charge in [0.05, 0.1) is 5.52 Å². The molecule has 4 aromatic rings. The molecule has 1 aromatic heterocycles. The standard InChI is InChI=1S/C24H21N/c1-25-12-11-20-22(19-8-4-6-15-5-2-3-7-18(15)19)14-21-16-9-10-17(13-16)23(21)24(20)25/h2-8,11-12,14,16-17H,9-10,13H2,1H3. The van der Waals surface area contributed by atoms with E-state index in [1.165, 1.54) is 52.1 Å². The first kappa shape index (κ1) is 13.7. The molecular formula is C24H21N. The lowest BCUT2D eigenvalue weighted by atomic mass is 9.85. The molecule has 0 radical (unpaired) electrons. The van der Waals surface area contributed by atoms with Gasteiger partial charge in [0.25, 0.3) is 0 Å². The van der Waals surface area contributed by atoms with Crippen molar-refractivity contribution < 1.29 is 0 Å². The molecule has 1 fully saturated rings. The Kier molecular flexibility index (Phi) is 2.61. The largest absolute Gasteiger partial charge is 0.350 e. The van der Waals surface area contributed by atoms with Gasteiger partial charge in [-0.15, -0.1) is 0 Å². The van der Waals surface area contributed by atoms with Crippen LogP contribution in [-0.2, 0) is 7.05 Å². The number of nitrogens with zero attached hydrogens (tertiary/aromatic N) is 1. The SMILES string of the molecule is Cn1ccc2c(-c3cccc4ccccc34)cc3c(c21)C1CCC3C1. The van der Waals surface area contributed by atoms with Crippen LogP contribution < -0.4 is 0 Å². The summed E-state index contributed by atoms with van der Waals surface area (Å²) in [5.74, 6) is 1.57. The van der Waals surface area contributed by atoms with Crippen molar-refractivity contribution in [1.29, 1.82) is 0 Å². The van der Waals surface area contributed by atoms with Crippen molar-refractivity contribution in [3.8, 4) is 11.1 Å². The van der Waals surface area contributed by atoms with E-state index in [2.05, 4.69) is 72.4 Å². The number of rotatable bonds is 1. The van der Waals surface area contributed by atoms with Gasteiger partial charge < -0.3 is 4.57 Å². The summed E-state index contributed by atoms with van der Waals surface area (Å²) in [6, 6.07) is 20.3. The maximum absolute atomic E-state index is 2.53. The normalized spacial score (nSPS) is 21.3. The summed E-state index contributed by atoms with van der Waals surface area (Å²) in [7, 11) is 2.21. The average molecular weight is 323 g/mol. The third-order valence-corrected chi connectivity index (χ3v) is 6.59. The lowest BCUT2D eigenvalue weighted by molar-refractivity contribution is 0.718. The Balaban J connectivity index is 1.75. The van der Waals surface area contributed by atoms with Gasteiger partial charge in [0, 0.05) is 18.6 Å². The third-order valence-electron chi connectivity index (χ3n) is 6.59. The Bertz CT molecular complexity index is 1140. The predicted octanol–water partition coefficient (Wildman–Crippen LogP) is 6.36. The molecule has 0 aliphatic heterocycles. The van der Waals surface area contributed by atoms with E-state index in [-0.39, 0.29) is 0 Å². The molecule has 1 heteroatoms. The molecule has 2 atom stereocenters. The van der Waals surface area contributed by atoms with Gasteiger partial charge >= 0.3 is 0 Å². The van der Waals surface area contributed by atoms with Crippen LogP contribution >= 0.6 is 0 Å². The first-order valence-electron chi connectivity index (χ1n) is 9.41. The highest BCUT2D eigenvalue weighted by molar-refractivity contribution is 6.06. The summed E-state index contributed by atoms with van der Waals surface area (Å²) >= 11 is 0. The van der Waals surface area contributed by atoms with Crippen molar-refractivity contribution in [2.75, 3.05) is 0 Å². The number of aryl methyl sites for hydroxylation is 1. The van der Waals surface area contributed by atoms with Gasteiger partial charge in [-0.25, -0.2) is 0 Å². The summed E-state index contributed by atoms with van der Waals surface area (Å²) < 4.78 is 2.35. The van der Waals surface area contributed by atoms with Gasteiger partial charge in [0.2, 0.25) is 0 Å². The van der Waals surface area contributed by atoms with Crippen molar-refractivity contribution in [3.63, 3.8) is 0 Å². The average Bonchev–Trinajstić information content (AvgIpc) is 3.36. The zero-order valence-corrected chi connectivity index (χ0v) is 14.5. The van der Waals surface area contributed by atoms with Crippen LogP contribution in [-0.4, -0.2) is 4.57 Å². The van der Waals surface area contributed by atoms with E-state index < -0.39 is 0 Å². The summed E-state index contributed by atoms with van der Waals surface area (Å²) in [5.41, 5.74) is 7.56. The Labute approximate surface area is 147 Å². The molecule has 122 valence electrons. The quantitative estimate of drug-likeness (QED) is 0.384. The van der Waals surface area contributed by atoms with Crippen LogP contribution in [0.15, 0.2) is 60.8 Å². The molecule has 0 spiro atoms. The highest BCUT2D eigenvalue weighted by atomic mass is 14.9. The van der Waals surface area contributed by atoms with Crippen molar-refractivity contribution >= 4 is 21.7 Å². The zero-order chi connectivity index (χ0) is 16.5. The van der Waals surface area contributed by atoms with E-state index in [1.54, 1.807) is 11.1 Å². The molecule has 3 aromatic carbocycles. The first-order valence-corrected chi connectivity index (χ1v) is 9.41. The fraction of sp³-hybridized carbons (Fsp3) is 0.250. The maximum atomic E-state index is 2.53. The molecule has 25 heavy (non-hydrogen) atoms. The minimum absolute atomic E-state index is 0.785. The molecule has 1 saturated carbocycles. The van der Waals surface area contributed by atoms with E-state index in [0.29, 0.717) is 0 Å². The maximum Gasteiger partial charge on any atom is 0.0522 e. The fourth-order valence-corrected chi connectivity index (χ4v) is 5.51. The van der Waals surface area contributed by atoms with E-state index in [4.69, 9.17) is 0 Å². The molecular weight excluding hydrogens is 302 g/mol. The number of hydrogen-bond acceptors (Lipinski definition) is 0. The third kappa shape index (κ3) is 1.73. The van der Waals surface area contributed by atoms with Crippen molar-refractivity contribution in [1.82, 2.24) is 4.57 Å². The monoisotopic (exact) mass is 323 g/mol. The van der Waals surface area contributed by atoms with Crippen LogP contribution in [0.5, 0.6) is 0 Å². The predicted molar refractivity (Wildman–Crippen MR) is 105 cm³/mol. The van der Waals surface area contributed by atoms with Crippen molar-refractivity contribution in [2.45, 2.75) is 31.1 Å². The molecule has 1 heterocycles. The smallest absolute Gasteiger partial charge is 0.0522 e. The van der Waals surface area contributed by atoms with E-state index in [1.807, 2.05) is 0 Å². The van der Waals surface area contributed by atoms with Crippen LogP contribution in [0, 0.1) is 0 Å². The Morgan fingerprint density at radius 1 is 0.840 bits per heavy atom. The van der Waals surface area contributed by atoms with E-state index >= 15 is 0 Å². The molecule has 6 rings (SSSR count). The minimum Gasteiger partial charge on any atom is -0.350 e. The Hall–Kier alpha value is -2.54. The molecule has 0 amide bonds. The second-order valence-electron chi connectivity index (χ2n) is 7.85. The van der Waals surface area contributed by atoms with Gasteiger partial charge in [0.1, 0.15) is 0 Å². The highest BCUT2D eigenvalue weighted by Gasteiger charge is 2.39. The fourth-order valence-electron chi connectivity index (χ4n) is 5.51. The molecule has 2 aliphatic carbocycles. The van der Waals surface area contributed by atoms with Gasteiger partial charge in [-0.2, -0.15) is 0 Å². The molecule has 1 nitrogen and oxygen atoms in total. The highest BCUT2D eigenvalue weighted by Crippen LogP contribution is 2.56. The van der Waals surface area contributed by atoms with Crippen LogP contribution in [0.3, 0.4) is 0 Å². The summed E-state index contributed by atoms with van der Waals surface area (Å²) in [6.07, 6.45) is 6.37. The van der Waals surface area contributed by atoms with Crippen LogP contribution in [0.4, 0.5) is 0 Å². The topological polar surface area (TPSA) is 4.93 Å². The van der Waals surface area contributed by atoms with Gasteiger partial charge in [-0.3, -0.25) is 0 Å². The Morgan fingerprint density at radius 3 is 2.64 bits per heavy atom. The number of aromatic nitrogens is 1. The molecule has 2 unspecified atom stereocenters. The van der Waals surface area contributed by atoms with Gasteiger partial charge in [0.15, 0.2) is 0 Å². The second-order valence-corrected chi connectivity index (χ2v) is 7.85. The van der Waals surface area contributed by atoms with Crippen molar-refractivity contribution in [2.24, 2.45) is 7.05 Å². The van der Waals surface area contributed by atoms with Crippen LogP contribution in [0.25, 0.3) is 32.8 Å². The summed E-state index contributed by atoms with van der Waals surface area (Å²) in [4.78, 5) is 0. The van der Waals surface area contributed by atoms with Crippen molar-refractivity contribution in [3.05, 3.63) is 71.9 Å². The molecule has 2 aliphatic rings. The number of benzene rings is 3. The number of fused-ring (bicyclic) bond motifs is 8. The van der Waals surface area contributed by atoms with Crippen LogP contribution in [0.1, 0.15) is 42.2 Å².